The minimum absolute atomic E-state index is 0.120. The number of carbonyl (C=O) groups is 2. The van der Waals surface area contributed by atoms with E-state index in [1.54, 1.807) is 18.2 Å². The van der Waals surface area contributed by atoms with E-state index in [9.17, 15) is 18.8 Å². The Balaban J connectivity index is 1.42. The SMILES string of the molecule is NC(=O)c1cc2c([nH]c1=O)CCCC2NC(=O)CCc1ncc(-c2ccccc2F)o1. The first kappa shape index (κ1) is 20.5. The molecule has 3 aromatic rings. The number of nitrogens with one attached hydrogen (secondary N) is 2. The standard InChI is InChI=1S/C22H21FN4O4/c23-15-5-2-1-4-12(15)18-11-25-20(31-18)9-8-19(28)26-16-6-3-7-17-13(16)10-14(21(24)29)22(30)27-17/h1-2,4-5,10-11,16H,3,6-9H2,(H2,24,29)(H,26,28)(H,27,30). The minimum atomic E-state index is -0.811. The van der Waals surface area contributed by atoms with Crippen molar-refractivity contribution in [3.63, 3.8) is 0 Å². The number of oxazole rings is 1. The Morgan fingerprint density at radius 3 is 2.90 bits per heavy atom. The lowest BCUT2D eigenvalue weighted by Crippen LogP contribution is -2.34. The molecule has 2 aromatic heterocycles. The summed E-state index contributed by atoms with van der Waals surface area (Å²) in [6.45, 7) is 0. The van der Waals surface area contributed by atoms with Crippen LogP contribution in [0.3, 0.4) is 0 Å². The number of nitrogens with zero attached hydrogens (tertiary/aromatic N) is 1. The van der Waals surface area contributed by atoms with Crippen LogP contribution in [-0.2, 0) is 17.6 Å². The monoisotopic (exact) mass is 424 g/mol. The summed E-state index contributed by atoms with van der Waals surface area (Å²) in [6.07, 6.45) is 3.93. The van der Waals surface area contributed by atoms with Gasteiger partial charge in [0.15, 0.2) is 11.7 Å². The Kier molecular flexibility index (Phi) is 5.66. The molecule has 9 heteroatoms. The highest BCUT2D eigenvalue weighted by Gasteiger charge is 2.25. The van der Waals surface area contributed by atoms with E-state index in [0.29, 0.717) is 41.3 Å². The molecule has 2 heterocycles. The number of aromatic nitrogens is 2. The highest BCUT2D eigenvalue weighted by molar-refractivity contribution is 5.92. The number of aromatic amines is 1. The molecule has 1 aromatic carbocycles. The minimum Gasteiger partial charge on any atom is -0.441 e. The van der Waals surface area contributed by atoms with Crippen molar-refractivity contribution in [2.75, 3.05) is 0 Å². The average Bonchev–Trinajstić information content (AvgIpc) is 3.21. The smallest absolute Gasteiger partial charge is 0.261 e. The van der Waals surface area contributed by atoms with E-state index >= 15 is 0 Å². The van der Waals surface area contributed by atoms with Crippen LogP contribution in [0, 0.1) is 5.82 Å². The van der Waals surface area contributed by atoms with Gasteiger partial charge in [-0.3, -0.25) is 14.4 Å². The Morgan fingerprint density at radius 1 is 1.32 bits per heavy atom. The number of carbonyl (C=O) groups excluding carboxylic acids is 2. The van der Waals surface area contributed by atoms with Crippen molar-refractivity contribution in [3.05, 3.63) is 75.4 Å². The second-order valence-electron chi connectivity index (χ2n) is 7.42. The normalized spacial score (nSPS) is 15.3. The number of primary amides is 1. The van der Waals surface area contributed by atoms with E-state index in [-0.39, 0.29) is 30.4 Å². The van der Waals surface area contributed by atoms with Crippen LogP contribution in [-0.4, -0.2) is 21.8 Å². The van der Waals surface area contributed by atoms with Gasteiger partial charge in [0, 0.05) is 18.5 Å². The molecule has 1 aliphatic rings. The number of amides is 2. The van der Waals surface area contributed by atoms with Crippen molar-refractivity contribution < 1.29 is 18.4 Å². The molecule has 0 bridgehead atoms. The van der Waals surface area contributed by atoms with Gasteiger partial charge in [-0.15, -0.1) is 0 Å². The molecule has 4 rings (SSSR count). The third-order valence-electron chi connectivity index (χ3n) is 5.31. The van der Waals surface area contributed by atoms with E-state index in [1.165, 1.54) is 18.3 Å². The zero-order chi connectivity index (χ0) is 22.0. The van der Waals surface area contributed by atoms with Crippen molar-refractivity contribution >= 4 is 11.8 Å². The van der Waals surface area contributed by atoms with Crippen LogP contribution in [0.15, 0.2) is 45.7 Å². The fourth-order valence-corrected chi connectivity index (χ4v) is 3.77. The molecule has 0 saturated heterocycles. The molecule has 0 spiro atoms. The van der Waals surface area contributed by atoms with Gasteiger partial charge in [-0.2, -0.15) is 0 Å². The Morgan fingerprint density at radius 2 is 2.13 bits per heavy atom. The van der Waals surface area contributed by atoms with Gasteiger partial charge in [-0.25, -0.2) is 9.37 Å². The summed E-state index contributed by atoms with van der Waals surface area (Å²) in [4.78, 5) is 42.8. The maximum atomic E-state index is 13.9. The predicted molar refractivity (Wildman–Crippen MR) is 110 cm³/mol. The van der Waals surface area contributed by atoms with Gasteiger partial charge in [0.05, 0.1) is 17.8 Å². The second-order valence-corrected chi connectivity index (χ2v) is 7.42. The first-order valence-corrected chi connectivity index (χ1v) is 9.97. The number of rotatable bonds is 6. The molecular formula is C22H21FN4O4. The summed E-state index contributed by atoms with van der Waals surface area (Å²) >= 11 is 0. The second kappa shape index (κ2) is 8.55. The molecule has 0 saturated carbocycles. The molecule has 1 unspecified atom stereocenters. The van der Waals surface area contributed by atoms with E-state index in [1.807, 2.05) is 0 Å². The van der Waals surface area contributed by atoms with E-state index in [0.717, 1.165) is 6.42 Å². The van der Waals surface area contributed by atoms with Crippen molar-refractivity contribution in [2.45, 2.75) is 38.1 Å². The molecule has 4 N–H and O–H groups in total. The summed E-state index contributed by atoms with van der Waals surface area (Å²) in [6, 6.07) is 7.36. The maximum absolute atomic E-state index is 13.9. The summed E-state index contributed by atoms with van der Waals surface area (Å²) < 4.78 is 19.5. The Bertz CT molecular complexity index is 1200. The predicted octanol–water partition coefficient (Wildman–Crippen LogP) is 2.39. The van der Waals surface area contributed by atoms with Crippen LogP contribution in [0.2, 0.25) is 0 Å². The van der Waals surface area contributed by atoms with Crippen molar-refractivity contribution in [3.8, 4) is 11.3 Å². The number of aryl methyl sites for hydroxylation is 2. The quantitative estimate of drug-likeness (QED) is 0.559. The van der Waals surface area contributed by atoms with Crippen molar-refractivity contribution in [1.29, 1.82) is 0 Å². The molecular weight excluding hydrogens is 403 g/mol. The number of benzene rings is 1. The molecule has 2 amide bonds. The third kappa shape index (κ3) is 4.40. The molecule has 160 valence electrons. The summed E-state index contributed by atoms with van der Waals surface area (Å²) in [5.41, 5.74) is 6.34. The molecule has 1 atom stereocenters. The third-order valence-corrected chi connectivity index (χ3v) is 5.31. The molecule has 31 heavy (non-hydrogen) atoms. The van der Waals surface area contributed by atoms with Crippen molar-refractivity contribution in [1.82, 2.24) is 15.3 Å². The lowest BCUT2D eigenvalue weighted by Gasteiger charge is -2.26. The molecule has 0 aliphatic heterocycles. The van der Waals surface area contributed by atoms with E-state index < -0.39 is 17.3 Å². The molecule has 0 radical (unpaired) electrons. The van der Waals surface area contributed by atoms with Crippen LogP contribution in [0.5, 0.6) is 0 Å². The van der Waals surface area contributed by atoms with E-state index in [2.05, 4.69) is 15.3 Å². The highest BCUT2D eigenvalue weighted by Crippen LogP contribution is 2.28. The number of hydrogen-bond donors (Lipinski definition) is 3. The topological polar surface area (TPSA) is 131 Å². The van der Waals surface area contributed by atoms with Crippen LogP contribution in [0.1, 0.15) is 52.8 Å². The van der Waals surface area contributed by atoms with Crippen LogP contribution in [0.25, 0.3) is 11.3 Å². The van der Waals surface area contributed by atoms with Gasteiger partial charge in [0.25, 0.3) is 11.5 Å². The zero-order valence-corrected chi connectivity index (χ0v) is 16.6. The number of pyridine rings is 1. The Labute approximate surface area is 176 Å². The Hall–Kier alpha value is -3.75. The largest absolute Gasteiger partial charge is 0.441 e. The van der Waals surface area contributed by atoms with Gasteiger partial charge < -0.3 is 20.5 Å². The number of halogens is 1. The molecule has 1 aliphatic carbocycles. The van der Waals surface area contributed by atoms with Gasteiger partial charge in [0.2, 0.25) is 5.91 Å². The van der Waals surface area contributed by atoms with Crippen LogP contribution >= 0.6 is 0 Å². The van der Waals surface area contributed by atoms with Gasteiger partial charge in [-0.1, -0.05) is 12.1 Å². The van der Waals surface area contributed by atoms with Crippen LogP contribution in [0.4, 0.5) is 4.39 Å². The fraction of sp³-hybridized carbons (Fsp3) is 0.273. The average molecular weight is 424 g/mol. The number of hydrogen-bond acceptors (Lipinski definition) is 5. The number of nitrogens with two attached hydrogens (primary N) is 1. The summed E-state index contributed by atoms with van der Waals surface area (Å²) in [5.74, 6) is -0.813. The van der Waals surface area contributed by atoms with Gasteiger partial charge in [-0.05, 0) is 43.0 Å². The fourth-order valence-electron chi connectivity index (χ4n) is 3.77. The highest BCUT2D eigenvalue weighted by atomic mass is 19.1. The van der Waals surface area contributed by atoms with Gasteiger partial charge >= 0.3 is 0 Å². The zero-order valence-electron chi connectivity index (χ0n) is 16.6. The number of fused-ring (bicyclic) bond motifs is 1. The summed E-state index contributed by atoms with van der Waals surface area (Å²) in [5, 5.41) is 2.94. The lowest BCUT2D eigenvalue weighted by atomic mass is 9.90. The maximum Gasteiger partial charge on any atom is 0.261 e. The molecule has 8 nitrogen and oxygen atoms in total. The van der Waals surface area contributed by atoms with Crippen molar-refractivity contribution in [2.24, 2.45) is 5.73 Å². The first-order chi connectivity index (χ1) is 14.9. The van der Waals surface area contributed by atoms with Crippen LogP contribution < -0.4 is 16.6 Å². The number of H-pyrrole nitrogens is 1. The summed E-state index contributed by atoms with van der Waals surface area (Å²) in [7, 11) is 0. The van der Waals surface area contributed by atoms with Gasteiger partial charge in [0.1, 0.15) is 11.4 Å². The lowest BCUT2D eigenvalue weighted by molar-refractivity contribution is -0.122. The first-order valence-electron chi connectivity index (χ1n) is 9.97. The molecule has 0 fully saturated rings. The van der Waals surface area contributed by atoms with E-state index in [4.69, 9.17) is 10.2 Å².